The van der Waals surface area contributed by atoms with Crippen LogP contribution in [0.15, 0.2) is 24.3 Å². The van der Waals surface area contributed by atoms with Crippen molar-refractivity contribution in [1.29, 1.82) is 0 Å². The Hall–Kier alpha value is -1.31. The van der Waals surface area contributed by atoms with Gasteiger partial charge in [0.05, 0.1) is 6.04 Å². The third-order valence-corrected chi connectivity index (χ3v) is 3.99. The minimum Gasteiger partial charge on any atom is -0.338 e. The minimum atomic E-state index is 0.293. The number of hydrogen-bond acceptors (Lipinski definition) is 1. The zero-order valence-corrected chi connectivity index (χ0v) is 11.4. The molecule has 2 atom stereocenters. The molecule has 2 rings (SSSR count). The zero-order chi connectivity index (χ0) is 13.0. The molecule has 0 spiro atoms. The molecule has 1 aromatic carbocycles. The maximum atomic E-state index is 11.3. The molecule has 0 bridgehead atoms. The Kier molecular flexibility index (Phi) is 4.40. The fraction of sp³-hybridized carbons (Fsp3) is 0.562. The van der Waals surface area contributed by atoms with Crippen LogP contribution in [0.25, 0.3) is 0 Å². The highest BCUT2D eigenvalue weighted by molar-refractivity contribution is 5.52. The lowest BCUT2D eigenvalue weighted by molar-refractivity contribution is -0.121. The molecular formula is C16H23NO. The maximum Gasteiger partial charge on any atom is 0.210 e. The molecule has 0 unspecified atom stereocenters. The van der Waals surface area contributed by atoms with Gasteiger partial charge in [-0.2, -0.15) is 0 Å². The van der Waals surface area contributed by atoms with Gasteiger partial charge in [0.2, 0.25) is 6.41 Å². The lowest BCUT2D eigenvalue weighted by Crippen LogP contribution is -2.36. The Balaban J connectivity index is 2.23. The summed E-state index contributed by atoms with van der Waals surface area (Å²) in [6.45, 7) is 5.28. The second kappa shape index (κ2) is 6.03. The van der Waals surface area contributed by atoms with Crippen LogP contribution in [0.4, 0.5) is 0 Å². The van der Waals surface area contributed by atoms with Crippen molar-refractivity contribution in [3.05, 3.63) is 35.4 Å². The van der Waals surface area contributed by atoms with Gasteiger partial charge in [-0.15, -0.1) is 0 Å². The van der Waals surface area contributed by atoms with Crippen LogP contribution >= 0.6 is 0 Å². The van der Waals surface area contributed by atoms with Gasteiger partial charge in [0, 0.05) is 6.54 Å². The monoisotopic (exact) mass is 245 g/mol. The van der Waals surface area contributed by atoms with Gasteiger partial charge < -0.3 is 4.90 Å². The fourth-order valence-corrected chi connectivity index (χ4v) is 3.01. The Morgan fingerprint density at radius 2 is 2.00 bits per heavy atom. The number of fused-ring (bicyclic) bond motifs is 1. The highest BCUT2D eigenvalue weighted by Gasteiger charge is 2.29. The number of amides is 1. The molecule has 0 aromatic heterocycles. The standard InChI is InChI=1S/C16H23NO/c1-3-4-5-10-16-15-9-7-6-8-14(15)13(2)11-17(16)12-18/h6-9,12-13,16H,3-5,10-11H2,1-2H3/t13-,16-/m0/s1. The minimum absolute atomic E-state index is 0.293. The third-order valence-electron chi connectivity index (χ3n) is 3.99. The predicted molar refractivity (Wildman–Crippen MR) is 74.5 cm³/mol. The summed E-state index contributed by atoms with van der Waals surface area (Å²) >= 11 is 0. The lowest BCUT2D eigenvalue weighted by Gasteiger charge is -2.38. The van der Waals surface area contributed by atoms with Crippen LogP contribution in [0.2, 0.25) is 0 Å². The van der Waals surface area contributed by atoms with Crippen molar-refractivity contribution in [3.8, 4) is 0 Å². The highest BCUT2D eigenvalue weighted by Crippen LogP contribution is 2.37. The smallest absolute Gasteiger partial charge is 0.210 e. The van der Waals surface area contributed by atoms with E-state index < -0.39 is 0 Å². The summed E-state index contributed by atoms with van der Waals surface area (Å²) < 4.78 is 0. The van der Waals surface area contributed by atoms with E-state index in [2.05, 4.69) is 38.1 Å². The molecule has 2 nitrogen and oxygen atoms in total. The van der Waals surface area contributed by atoms with Crippen molar-refractivity contribution in [3.63, 3.8) is 0 Å². The Morgan fingerprint density at radius 3 is 2.67 bits per heavy atom. The molecule has 1 aliphatic rings. The van der Waals surface area contributed by atoms with E-state index in [-0.39, 0.29) is 0 Å². The molecule has 0 saturated heterocycles. The molecule has 18 heavy (non-hydrogen) atoms. The fourth-order valence-electron chi connectivity index (χ4n) is 3.01. The molecule has 1 heterocycles. The Bertz CT molecular complexity index is 402. The number of hydrogen-bond donors (Lipinski definition) is 0. The molecule has 98 valence electrons. The average Bonchev–Trinajstić information content (AvgIpc) is 2.41. The van der Waals surface area contributed by atoms with Crippen LogP contribution in [0.5, 0.6) is 0 Å². The van der Waals surface area contributed by atoms with Gasteiger partial charge in [-0.1, -0.05) is 57.4 Å². The molecule has 0 radical (unpaired) electrons. The zero-order valence-electron chi connectivity index (χ0n) is 11.4. The number of benzene rings is 1. The van der Waals surface area contributed by atoms with Gasteiger partial charge in [-0.25, -0.2) is 0 Å². The van der Waals surface area contributed by atoms with Crippen molar-refractivity contribution in [2.75, 3.05) is 6.54 Å². The van der Waals surface area contributed by atoms with E-state index in [0.717, 1.165) is 19.4 Å². The van der Waals surface area contributed by atoms with E-state index in [9.17, 15) is 4.79 Å². The second-order valence-electron chi connectivity index (χ2n) is 5.34. The third kappa shape index (κ3) is 2.58. The van der Waals surface area contributed by atoms with Crippen LogP contribution in [-0.4, -0.2) is 17.9 Å². The molecule has 0 fully saturated rings. The van der Waals surface area contributed by atoms with Gasteiger partial charge in [-0.3, -0.25) is 4.79 Å². The molecule has 1 amide bonds. The summed E-state index contributed by atoms with van der Waals surface area (Å²) in [5.74, 6) is 0.453. The molecular weight excluding hydrogens is 222 g/mol. The van der Waals surface area contributed by atoms with Gasteiger partial charge in [0.1, 0.15) is 0 Å². The van der Waals surface area contributed by atoms with E-state index in [1.54, 1.807) is 0 Å². The topological polar surface area (TPSA) is 20.3 Å². The number of carbonyl (C=O) groups excluding carboxylic acids is 1. The number of rotatable bonds is 5. The first kappa shape index (κ1) is 13.1. The summed E-state index contributed by atoms with van der Waals surface area (Å²) in [4.78, 5) is 13.3. The number of unbranched alkanes of at least 4 members (excludes halogenated alkanes) is 2. The predicted octanol–water partition coefficient (Wildman–Crippen LogP) is 3.88. The molecule has 1 aliphatic heterocycles. The van der Waals surface area contributed by atoms with Gasteiger partial charge in [-0.05, 0) is 23.5 Å². The average molecular weight is 245 g/mol. The summed E-state index contributed by atoms with van der Waals surface area (Å²) in [5, 5.41) is 0. The Morgan fingerprint density at radius 1 is 1.28 bits per heavy atom. The van der Waals surface area contributed by atoms with E-state index in [1.165, 1.54) is 30.4 Å². The van der Waals surface area contributed by atoms with E-state index in [4.69, 9.17) is 0 Å². The Labute approximate surface area is 110 Å². The SMILES string of the molecule is CCCCC[C@H]1c2ccccc2[C@@H](C)CN1C=O. The van der Waals surface area contributed by atoms with Crippen LogP contribution in [0.3, 0.4) is 0 Å². The lowest BCUT2D eigenvalue weighted by atomic mass is 9.84. The molecule has 1 aromatic rings. The maximum absolute atomic E-state index is 11.3. The number of carbonyl (C=O) groups is 1. The van der Waals surface area contributed by atoms with Crippen molar-refractivity contribution in [1.82, 2.24) is 4.90 Å². The van der Waals surface area contributed by atoms with Crippen molar-refractivity contribution < 1.29 is 4.79 Å². The largest absolute Gasteiger partial charge is 0.338 e. The summed E-state index contributed by atoms with van der Waals surface area (Å²) in [6.07, 6.45) is 5.81. The quantitative estimate of drug-likeness (QED) is 0.569. The second-order valence-corrected chi connectivity index (χ2v) is 5.34. The molecule has 2 heteroatoms. The van der Waals surface area contributed by atoms with Crippen LogP contribution in [0, 0.1) is 0 Å². The molecule has 0 N–H and O–H groups in total. The highest BCUT2D eigenvalue weighted by atomic mass is 16.1. The summed E-state index contributed by atoms with van der Waals surface area (Å²) in [7, 11) is 0. The van der Waals surface area contributed by atoms with Crippen molar-refractivity contribution >= 4 is 6.41 Å². The van der Waals surface area contributed by atoms with E-state index in [0.29, 0.717) is 12.0 Å². The van der Waals surface area contributed by atoms with Crippen molar-refractivity contribution in [2.45, 2.75) is 51.5 Å². The first-order chi connectivity index (χ1) is 8.77. The summed E-state index contributed by atoms with van der Waals surface area (Å²) in [5.41, 5.74) is 2.79. The van der Waals surface area contributed by atoms with Gasteiger partial charge in [0.15, 0.2) is 0 Å². The van der Waals surface area contributed by atoms with Crippen molar-refractivity contribution in [2.24, 2.45) is 0 Å². The first-order valence-electron chi connectivity index (χ1n) is 7.07. The molecule has 0 saturated carbocycles. The van der Waals surface area contributed by atoms with Crippen LogP contribution in [0.1, 0.15) is 62.6 Å². The first-order valence-corrected chi connectivity index (χ1v) is 7.07. The van der Waals surface area contributed by atoms with Crippen LogP contribution in [-0.2, 0) is 4.79 Å². The van der Waals surface area contributed by atoms with Gasteiger partial charge in [0.25, 0.3) is 0 Å². The summed E-state index contributed by atoms with van der Waals surface area (Å²) in [6, 6.07) is 8.90. The van der Waals surface area contributed by atoms with E-state index in [1.807, 2.05) is 4.90 Å². The normalized spacial score (nSPS) is 22.7. The van der Waals surface area contributed by atoms with E-state index >= 15 is 0 Å². The number of nitrogens with zero attached hydrogens (tertiary/aromatic N) is 1. The van der Waals surface area contributed by atoms with Gasteiger partial charge >= 0.3 is 0 Å². The van der Waals surface area contributed by atoms with Crippen LogP contribution < -0.4 is 0 Å². The molecule has 0 aliphatic carbocycles.